The first-order chi connectivity index (χ1) is 38.3. The number of carbonyl (C=O) groups excluding carboxylic acids is 1. The zero-order valence-corrected chi connectivity index (χ0v) is 54.4. The lowest BCUT2D eigenvalue weighted by Crippen LogP contribution is -2.43. The SMILES string of the molecule is CCCCCCCCCCCCCCC(C(=O)N1Cc2nc(-c3nn(COCC[Si](C)(C)C)c4cc(-c5cc(F)c(OCOCC[Si](C)(C)C)cc5CC)ccc34)n(COCC[Si](C)(C)C)c2C1)C1CC(OCc2ccccc2)C1. The van der Waals surface area contributed by atoms with E-state index in [0.29, 0.717) is 58.6 Å². The number of amides is 1. The summed E-state index contributed by atoms with van der Waals surface area (Å²) in [4.78, 5) is 22.6. The number of carbonyl (C=O) groups is 1. The molecule has 0 N–H and O–H groups in total. The van der Waals surface area contributed by atoms with Crippen LogP contribution in [-0.4, -0.2) is 87.1 Å². The Kier molecular flexibility index (Phi) is 24.3. The molecule has 7 rings (SSSR count). The van der Waals surface area contributed by atoms with Gasteiger partial charge in [0.25, 0.3) is 0 Å². The lowest BCUT2D eigenvalue weighted by Gasteiger charge is -2.41. The molecule has 1 aliphatic heterocycles. The molecule has 0 spiro atoms. The van der Waals surface area contributed by atoms with Crippen molar-refractivity contribution in [3.63, 3.8) is 0 Å². The number of benzene rings is 3. The molecule has 80 heavy (non-hydrogen) atoms. The number of halogens is 1. The van der Waals surface area contributed by atoms with Crippen LogP contribution in [0.1, 0.15) is 133 Å². The summed E-state index contributed by atoms with van der Waals surface area (Å²) in [7, 11) is -4.00. The van der Waals surface area contributed by atoms with E-state index in [9.17, 15) is 0 Å². The predicted octanol–water partition coefficient (Wildman–Crippen LogP) is 17.1. The van der Waals surface area contributed by atoms with Crippen molar-refractivity contribution in [2.45, 2.75) is 233 Å². The summed E-state index contributed by atoms with van der Waals surface area (Å²) in [6.45, 7) is 29.5. The summed E-state index contributed by atoms with van der Waals surface area (Å²) >= 11 is 0. The van der Waals surface area contributed by atoms with Gasteiger partial charge in [-0.1, -0.05) is 186 Å². The summed E-state index contributed by atoms with van der Waals surface area (Å²) in [5, 5.41) is 6.25. The van der Waals surface area contributed by atoms with E-state index in [-0.39, 0.29) is 37.2 Å². The second kappa shape index (κ2) is 30.5. The highest BCUT2D eigenvalue weighted by atomic mass is 28.3. The van der Waals surface area contributed by atoms with Gasteiger partial charge in [0.15, 0.2) is 24.2 Å². The highest BCUT2D eigenvalue weighted by Crippen LogP contribution is 2.42. The van der Waals surface area contributed by atoms with Crippen molar-refractivity contribution in [2.24, 2.45) is 11.8 Å². The quantitative estimate of drug-likeness (QED) is 0.0220. The number of ether oxygens (including phenoxy) is 5. The third kappa shape index (κ3) is 19.3. The number of hydrogen-bond donors (Lipinski definition) is 0. The number of rotatable bonds is 37. The molecule has 1 fully saturated rings. The van der Waals surface area contributed by atoms with E-state index >= 15 is 9.18 Å². The van der Waals surface area contributed by atoms with Gasteiger partial charge < -0.3 is 33.2 Å². The Labute approximate surface area is 484 Å². The highest BCUT2D eigenvalue weighted by molar-refractivity contribution is 6.76. The molecular weight excluding hydrogens is 1050 g/mol. The maximum absolute atomic E-state index is 16.0. The van der Waals surface area contributed by atoms with Crippen LogP contribution in [0.5, 0.6) is 5.75 Å². The third-order valence-corrected chi connectivity index (χ3v) is 21.5. The minimum atomic E-state index is -1.38. The normalized spacial score (nSPS) is 16.2. The van der Waals surface area contributed by atoms with E-state index in [0.717, 1.165) is 94.3 Å². The predicted molar refractivity (Wildman–Crippen MR) is 335 cm³/mol. The fraction of sp³-hybridized carbons (Fsp3) is 0.646. The number of imidazole rings is 1. The summed E-state index contributed by atoms with van der Waals surface area (Å²) in [6.07, 6.45) is 19.2. The van der Waals surface area contributed by atoms with E-state index < -0.39 is 30.0 Å². The molecule has 1 unspecified atom stereocenters. The van der Waals surface area contributed by atoms with Crippen LogP contribution >= 0.6 is 0 Å². The van der Waals surface area contributed by atoms with Crippen molar-refractivity contribution in [1.82, 2.24) is 24.2 Å². The Morgan fingerprint density at radius 3 is 1.95 bits per heavy atom. The van der Waals surface area contributed by atoms with E-state index in [1.807, 2.05) is 16.8 Å². The zero-order chi connectivity index (χ0) is 57.3. The first-order valence-corrected chi connectivity index (χ1v) is 42.1. The lowest BCUT2D eigenvalue weighted by molar-refractivity contribution is -0.143. The number of aromatic nitrogens is 4. The van der Waals surface area contributed by atoms with Gasteiger partial charge in [0.1, 0.15) is 19.2 Å². The minimum Gasteiger partial charge on any atom is -0.464 e. The van der Waals surface area contributed by atoms with Crippen molar-refractivity contribution in [2.75, 3.05) is 26.6 Å². The van der Waals surface area contributed by atoms with E-state index in [1.165, 1.54) is 76.2 Å². The molecule has 11 nitrogen and oxygen atoms in total. The van der Waals surface area contributed by atoms with Gasteiger partial charge in [-0.25, -0.2) is 14.1 Å². The summed E-state index contributed by atoms with van der Waals surface area (Å²) in [6, 6.07) is 23.2. The van der Waals surface area contributed by atoms with Crippen molar-refractivity contribution in [3.8, 4) is 28.4 Å². The lowest BCUT2D eigenvalue weighted by atomic mass is 9.71. The van der Waals surface area contributed by atoms with Gasteiger partial charge in [-0.15, -0.1) is 0 Å². The van der Waals surface area contributed by atoms with Crippen molar-refractivity contribution in [1.29, 1.82) is 0 Å². The Bertz CT molecular complexity index is 2690. The fourth-order valence-corrected chi connectivity index (χ4v) is 13.3. The van der Waals surface area contributed by atoms with Crippen LogP contribution in [-0.2, 0) is 63.3 Å². The Balaban J connectivity index is 1.13. The molecular formula is C65H102FN5O6Si3. The van der Waals surface area contributed by atoms with E-state index in [1.54, 1.807) is 6.07 Å². The van der Waals surface area contributed by atoms with Crippen LogP contribution in [0, 0.1) is 17.7 Å². The molecule has 2 aliphatic rings. The van der Waals surface area contributed by atoms with Crippen LogP contribution in [0.2, 0.25) is 77.1 Å². The first-order valence-electron chi connectivity index (χ1n) is 31.0. The number of unbranched alkanes of at least 4 members (excludes halogenated alkanes) is 11. The van der Waals surface area contributed by atoms with Gasteiger partial charge in [0.2, 0.25) is 5.91 Å². The second-order valence-corrected chi connectivity index (χ2v) is 43.8. The Hall–Kier alpha value is -3.97. The topological polar surface area (TPSA) is 102 Å². The maximum atomic E-state index is 16.0. The van der Waals surface area contributed by atoms with Crippen LogP contribution in [0.4, 0.5) is 4.39 Å². The molecule has 0 radical (unpaired) electrons. The average Bonchev–Trinajstić information content (AvgIpc) is 4.13. The molecule has 1 amide bonds. The van der Waals surface area contributed by atoms with E-state index in [4.69, 9.17) is 33.8 Å². The Morgan fingerprint density at radius 2 is 1.32 bits per heavy atom. The fourth-order valence-electron chi connectivity index (χ4n) is 11.1. The molecule has 3 heterocycles. The molecule has 1 saturated carbocycles. The molecule has 15 heteroatoms. The molecule has 2 aromatic heterocycles. The van der Waals surface area contributed by atoms with Crippen molar-refractivity contribution >= 4 is 41.0 Å². The molecule has 5 aromatic rings. The van der Waals surface area contributed by atoms with Crippen LogP contribution in [0.15, 0.2) is 60.7 Å². The maximum Gasteiger partial charge on any atom is 0.226 e. The van der Waals surface area contributed by atoms with Crippen LogP contribution in [0.25, 0.3) is 33.5 Å². The molecule has 1 aliphatic carbocycles. The first kappa shape index (κ1) is 63.6. The number of fused-ring (bicyclic) bond motifs is 2. The zero-order valence-electron chi connectivity index (χ0n) is 51.4. The second-order valence-electron chi connectivity index (χ2n) is 26.9. The number of nitrogens with zero attached hydrogens (tertiary/aromatic N) is 5. The van der Waals surface area contributed by atoms with Gasteiger partial charge in [-0.2, -0.15) is 5.10 Å². The summed E-state index contributed by atoms with van der Waals surface area (Å²) in [5.74, 6) is 1.02. The van der Waals surface area contributed by atoms with Gasteiger partial charge in [-0.3, -0.25) is 4.79 Å². The molecule has 0 saturated heterocycles. The monoisotopic (exact) mass is 1150 g/mol. The third-order valence-electron chi connectivity index (χ3n) is 16.4. The molecule has 0 bridgehead atoms. The number of aryl methyl sites for hydroxylation is 1. The summed E-state index contributed by atoms with van der Waals surface area (Å²) in [5.41, 5.74) is 7.39. The highest BCUT2D eigenvalue weighted by Gasteiger charge is 2.42. The van der Waals surface area contributed by atoms with Crippen LogP contribution in [0.3, 0.4) is 0 Å². The van der Waals surface area contributed by atoms with Gasteiger partial charge in [0, 0.05) is 55.3 Å². The molecule has 3 aromatic carbocycles. The molecule has 442 valence electrons. The molecule has 1 atom stereocenters. The number of hydrogen-bond acceptors (Lipinski definition) is 8. The largest absolute Gasteiger partial charge is 0.464 e. The Morgan fingerprint density at radius 1 is 0.713 bits per heavy atom. The van der Waals surface area contributed by atoms with Gasteiger partial charge in [0.05, 0.1) is 42.7 Å². The standard InChI is InChI=1S/C65H102FN5O6Si3/c1-12-14-15-16-17-18-19-20-21-22-23-27-30-55(53-39-54(40-53)76-46-50-28-25-24-26-29-50)65(72)69-44-59-61(45-69)70(47-73-33-36-78(3,4)5)64(67-59)63-56-32-31-52(41-60(56)71(68-63)48-74-34-37-79(6,7)8)57-43-58(66)62(42-51(57)13-2)77-49-75-35-38-80(9,10)11/h24-26,28-29,31-32,41-43,53-55H,12-23,27,30,33-40,44-49H2,1-11H3. The van der Waals surface area contributed by atoms with E-state index in [2.05, 4.69) is 125 Å². The average molecular weight is 1150 g/mol. The van der Waals surface area contributed by atoms with Crippen molar-refractivity contribution in [3.05, 3.63) is 89.0 Å². The smallest absolute Gasteiger partial charge is 0.226 e. The van der Waals surface area contributed by atoms with Crippen LogP contribution < -0.4 is 4.74 Å². The van der Waals surface area contributed by atoms with Gasteiger partial charge >= 0.3 is 0 Å². The van der Waals surface area contributed by atoms with Crippen molar-refractivity contribution < 1.29 is 32.9 Å². The minimum absolute atomic E-state index is 0.0129. The summed E-state index contributed by atoms with van der Waals surface area (Å²) < 4.78 is 51.1. The van der Waals surface area contributed by atoms with Gasteiger partial charge in [-0.05, 0) is 96.3 Å².